The van der Waals surface area contributed by atoms with Gasteiger partial charge < -0.3 is 10.0 Å². The van der Waals surface area contributed by atoms with Gasteiger partial charge in [0.2, 0.25) is 5.91 Å². The minimum absolute atomic E-state index is 0.145. The Morgan fingerprint density at radius 1 is 1.60 bits per heavy atom. The normalized spacial score (nSPS) is 19.2. The molecule has 1 aromatic rings. The largest absolute Gasteiger partial charge is 0.512 e. The second kappa shape index (κ2) is 3.28. The van der Waals surface area contributed by atoms with Gasteiger partial charge in [-0.15, -0.1) is 0 Å². The number of aliphatic hydroxyl groups excluding tert-OH is 1. The molecule has 0 spiro atoms. The van der Waals surface area contributed by atoms with Gasteiger partial charge in [-0.3, -0.25) is 4.79 Å². The molecular weight excluding hydrogens is 214 g/mol. The molecule has 1 amide bonds. The summed E-state index contributed by atoms with van der Waals surface area (Å²) in [7, 11) is 1.66. The molecule has 3 nitrogen and oxygen atoms in total. The number of hydrogen-bond acceptors (Lipinski definition) is 2. The fraction of sp³-hybridized carbons (Fsp3) is 0.182. The van der Waals surface area contributed by atoms with Crippen LogP contribution in [0.4, 0.5) is 5.69 Å². The molecule has 2 rings (SSSR count). The highest BCUT2D eigenvalue weighted by Gasteiger charge is 2.37. The van der Waals surface area contributed by atoms with Gasteiger partial charge in [-0.2, -0.15) is 0 Å². The summed E-state index contributed by atoms with van der Waals surface area (Å²) in [6, 6.07) is 5.16. The lowest BCUT2D eigenvalue weighted by molar-refractivity contribution is -0.118. The van der Waals surface area contributed by atoms with E-state index in [0.717, 1.165) is 5.69 Å². The third-order valence-corrected chi connectivity index (χ3v) is 2.81. The zero-order chi connectivity index (χ0) is 11.2. The molecule has 0 saturated carbocycles. The van der Waals surface area contributed by atoms with Crippen LogP contribution in [-0.4, -0.2) is 18.1 Å². The van der Waals surface area contributed by atoms with Gasteiger partial charge >= 0.3 is 0 Å². The van der Waals surface area contributed by atoms with Crippen molar-refractivity contribution in [1.29, 1.82) is 0 Å². The van der Waals surface area contributed by atoms with Crippen LogP contribution in [0.15, 0.2) is 30.5 Å². The van der Waals surface area contributed by atoms with Crippen LogP contribution in [0.3, 0.4) is 0 Å². The number of rotatable bonds is 1. The maximum atomic E-state index is 11.8. The molecule has 0 fully saturated rings. The number of likely N-dealkylation sites (N-methyl/N-ethyl adjacent to an activating group) is 1. The maximum absolute atomic E-state index is 11.8. The second-order valence-corrected chi connectivity index (χ2v) is 3.96. The Kier molecular flexibility index (Phi) is 2.20. The van der Waals surface area contributed by atoms with Crippen molar-refractivity contribution in [3.63, 3.8) is 0 Å². The number of fused-ring (bicyclic) bond motifs is 1. The standard InChI is InChI=1S/C11H10ClNO2/c1-6(14)10-8-5-7(12)3-4-9(8)13(2)11(10)15/h3-5,10,14H,1H2,2H3. The summed E-state index contributed by atoms with van der Waals surface area (Å²) in [4.78, 5) is 13.3. The third kappa shape index (κ3) is 1.39. The fourth-order valence-electron chi connectivity index (χ4n) is 1.83. The highest BCUT2D eigenvalue weighted by Crippen LogP contribution is 2.40. The molecule has 1 aliphatic rings. The Labute approximate surface area is 92.6 Å². The van der Waals surface area contributed by atoms with Crippen molar-refractivity contribution in [2.75, 3.05) is 11.9 Å². The van der Waals surface area contributed by atoms with E-state index < -0.39 is 5.92 Å². The average Bonchev–Trinajstić information content (AvgIpc) is 2.39. The fourth-order valence-corrected chi connectivity index (χ4v) is 2.01. The summed E-state index contributed by atoms with van der Waals surface area (Å²) in [6.45, 7) is 3.42. The lowest BCUT2D eigenvalue weighted by Crippen LogP contribution is -2.24. The van der Waals surface area contributed by atoms with Crippen molar-refractivity contribution < 1.29 is 9.90 Å². The molecule has 78 valence electrons. The monoisotopic (exact) mass is 223 g/mol. The predicted molar refractivity (Wildman–Crippen MR) is 59.4 cm³/mol. The van der Waals surface area contributed by atoms with Crippen LogP contribution in [0.5, 0.6) is 0 Å². The smallest absolute Gasteiger partial charge is 0.241 e. The van der Waals surface area contributed by atoms with Crippen LogP contribution >= 0.6 is 11.6 Å². The Morgan fingerprint density at radius 2 is 2.27 bits per heavy atom. The van der Waals surface area contributed by atoms with Gasteiger partial charge in [-0.05, 0) is 23.8 Å². The molecule has 0 saturated heterocycles. The van der Waals surface area contributed by atoms with E-state index in [1.807, 2.05) is 0 Å². The van der Waals surface area contributed by atoms with Crippen LogP contribution in [0.25, 0.3) is 0 Å². The van der Waals surface area contributed by atoms with Gasteiger partial charge in [0.25, 0.3) is 0 Å². The number of nitrogens with zero attached hydrogens (tertiary/aromatic N) is 1. The van der Waals surface area contributed by atoms with E-state index >= 15 is 0 Å². The molecule has 1 unspecified atom stereocenters. The van der Waals surface area contributed by atoms with Crippen LogP contribution in [0.2, 0.25) is 5.02 Å². The van der Waals surface area contributed by atoms with E-state index in [1.165, 1.54) is 4.90 Å². The summed E-state index contributed by atoms with van der Waals surface area (Å²) in [5.41, 5.74) is 1.48. The molecule has 1 aromatic carbocycles. The number of carbonyl (C=O) groups excluding carboxylic acids is 1. The minimum atomic E-state index is -0.677. The first-order chi connectivity index (χ1) is 7.02. The van der Waals surface area contributed by atoms with Crippen LogP contribution in [0.1, 0.15) is 11.5 Å². The second-order valence-electron chi connectivity index (χ2n) is 3.52. The SMILES string of the molecule is C=C(O)C1C(=O)N(C)c2ccc(Cl)cc21. The summed E-state index contributed by atoms with van der Waals surface area (Å²) in [6.07, 6.45) is 0. The molecule has 0 radical (unpaired) electrons. The van der Waals surface area contributed by atoms with Crippen molar-refractivity contribution >= 4 is 23.2 Å². The first-order valence-electron chi connectivity index (χ1n) is 4.47. The predicted octanol–water partition coefficient (Wildman–Crippen LogP) is 2.47. The molecule has 1 heterocycles. The van der Waals surface area contributed by atoms with E-state index in [9.17, 15) is 9.90 Å². The highest BCUT2D eigenvalue weighted by molar-refractivity contribution is 6.31. The lowest BCUT2D eigenvalue weighted by atomic mass is 9.99. The number of hydrogen-bond donors (Lipinski definition) is 1. The number of aliphatic hydroxyl groups is 1. The molecule has 1 atom stereocenters. The van der Waals surface area contributed by atoms with Gasteiger partial charge in [0.05, 0.1) is 0 Å². The Balaban J connectivity index is 2.61. The van der Waals surface area contributed by atoms with Crippen molar-refractivity contribution in [3.8, 4) is 0 Å². The number of carbonyl (C=O) groups is 1. The number of benzene rings is 1. The van der Waals surface area contributed by atoms with E-state index in [4.69, 9.17) is 11.6 Å². The summed E-state index contributed by atoms with van der Waals surface area (Å²) < 4.78 is 0. The van der Waals surface area contributed by atoms with E-state index in [-0.39, 0.29) is 11.7 Å². The summed E-state index contributed by atoms with van der Waals surface area (Å²) >= 11 is 5.85. The van der Waals surface area contributed by atoms with Crippen LogP contribution in [0, 0.1) is 0 Å². The zero-order valence-corrected chi connectivity index (χ0v) is 8.95. The zero-order valence-electron chi connectivity index (χ0n) is 8.20. The average molecular weight is 224 g/mol. The minimum Gasteiger partial charge on any atom is -0.512 e. The van der Waals surface area contributed by atoms with Crippen molar-refractivity contribution in [3.05, 3.63) is 41.1 Å². The molecule has 0 bridgehead atoms. The molecule has 1 N–H and O–H groups in total. The molecule has 15 heavy (non-hydrogen) atoms. The Morgan fingerprint density at radius 3 is 2.87 bits per heavy atom. The Bertz CT molecular complexity index is 456. The summed E-state index contributed by atoms with van der Waals surface area (Å²) in [5.74, 6) is -1.00. The Hall–Kier alpha value is -1.48. The van der Waals surface area contributed by atoms with Gasteiger partial charge in [0, 0.05) is 17.8 Å². The molecule has 4 heteroatoms. The first kappa shape index (κ1) is 10.1. The topological polar surface area (TPSA) is 40.5 Å². The van der Waals surface area contributed by atoms with Gasteiger partial charge in [0.1, 0.15) is 11.7 Å². The number of halogens is 1. The first-order valence-corrected chi connectivity index (χ1v) is 4.85. The number of amides is 1. The molecule has 0 aromatic heterocycles. The van der Waals surface area contributed by atoms with E-state index in [0.29, 0.717) is 10.6 Å². The van der Waals surface area contributed by atoms with Crippen molar-refractivity contribution in [1.82, 2.24) is 0 Å². The third-order valence-electron chi connectivity index (χ3n) is 2.57. The molecule has 1 aliphatic heterocycles. The molecule has 0 aliphatic carbocycles. The van der Waals surface area contributed by atoms with Gasteiger partial charge in [-0.25, -0.2) is 0 Å². The van der Waals surface area contributed by atoms with Crippen molar-refractivity contribution in [2.45, 2.75) is 5.92 Å². The lowest BCUT2D eigenvalue weighted by Gasteiger charge is -2.09. The molecular formula is C11H10ClNO2. The quantitative estimate of drug-likeness (QED) is 0.743. The highest BCUT2D eigenvalue weighted by atomic mass is 35.5. The van der Waals surface area contributed by atoms with Gasteiger partial charge in [-0.1, -0.05) is 18.2 Å². The van der Waals surface area contributed by atoms with Gasteiger partial charge in [0.15, 0.2) is 0 Å². The van der Waals surface area contributed by atoms with Crippen LogP contribution < -0.4 is 4.90 Å². The van der Waals surface area contributed by atoms with E-state index in [1.54, 1.807) is 25.2 Å². The van der Waals surface area contributed by atoms with Crippen molar-refractivity contribution in [2.24, 2.45) is 0 Å². The number of anilines is 1. The maximum Gasteiger partial charge on any atom is 0.241 e. The summed E-state index contributed by atoms with van der Waals surface area (Å²) in [5, 5.41) is 9.94. The van der Waals surface area contributed by atoms with E-state index in [2.05, 4.69) is 6.58 Å². The van der Waals surface area contributed by atoms with Crippen LogP contribution in [-0.2, 0) is 4.79 Å².